The maximum absolute atomic E-state index is 12.0. The molecule has 0 saturated heterocycles. The first kappa shape index (κ1) is 16.5. The van der Waals surface area contributed by atoms with E-state index in [1.54, 1.807) is 0 Å². The van der Waals surface area contributed by atoms with Crippen molar-refractivity contribution in [1.29, 1.82) is 0 Å². The average Bonchev–Trinajstić information content (AvgIpc) is 2.48. The van der Waals surface area contributed by atoms with Gasteiger partial charge in [-0.25, -0.2) is 0 Å². The van der Waals surface area contributed by atoms with Gasteiger partial charge in [0.05, 0.1) is 0 Å². The first-order chi connectivity index (χ1) is 10.5. The fraction of sp³-hybridized carbons (Fsp3) is 0.278. The number of rotatable bonds is 5. The van der Waals surface area contributed by atoms with Crippen molar-refractivity contribution in [3.05, 3.63) is 64.2 Å². The highest BCUT2D eigenvalue weighted by Gasteiger charge is 2.12. The van der Waals surface area contributed by atoms with Crippen molar-refractivity contribution in [2.75, 3.05) is 11.9 Å². The van der Waals surface area contributed by atoms with E-state index in [4.69, 9.17) is 11.6 Å². The van der Waals surface area contributed by atoms with Crippen LogP contribution in [0.25, 0.3) is 0 Å². The van der Waals surface area contributed by atoms with Crippen LogP contribution in [0.3, 0.4) is 0 Å². The lowest BCUT2D eigenvalue weighted by Crippen LogP contribution is -2.86. The van der Waals surface area contributed by atoms with Gasteiger partial charge in [-0.2, -0.15) is 0 Å². The zero-order chi connectivity index (χ0) is 16.1. The maximum Gasteiger partial charge on any atom is 0.279 e. The number of carbonyl (C=O) groups is 1. The summed E-state index contributed by atoms with van der Waals surface area (Å²) in [6, 6.07) is 13.9. The van der Waals surface area contributed by atoms with Crippen LogP contribution in [0.2, 0.25) is 5.02 Å². The number of anilines is 1. The average molecular weight is 318 g/mol. The van der Waals surface area contributed by atoms with Crippen LogP contribution in [0.5, 0.6) is 0 Å². The zero-order valence-corrected chi connectivity index (χ0v) is 13.9. The number of hydrogen-bond acceptors (Lipinski definition) is 1. The van der Waals surface area contributed by atoms with Crippen LogP contribution >= 0.6 is 11.6 Å². The Morgan fingerprint density at radius 1 is 1.18 bits per heavy atom. The molecule has 0 aliphatic carbocycles. The van der Waals surface area contributed by atoms with Gasteiger partial charge in [0.25, 0.3) is 5.91 Å². The van der Waals surface area contributed by atoms with Gasteiger partial charge in [0.1, 0.15) is 6.04 Å². The van der Waals surface area contributed by atoms with Crippen molar-refractivity contribution in [2.45, 2.75) is 26.8 Å². The molecular weight excluding hydrogens is 296 g/mol. The van der Waals surface area contributed by atoms with E-state index in [0.29, 0.717) is 6.54 Å². The summed E-state index contributed by atoms with van der Waals surface area (Å²) in [5.41, 5.74) is 4.36. The Hall–Kier alpha value is -1.84. The molecule has 0 aliphatic heterocycles. The zero-order valence-electron chi connectivity index (χ0n) is 13.2. The van der Waals surface area contributed by atoms with Gasteiger partial charge in [0, 0.05) is 16.3 Å². The summed E-state index contributed by atoms with van der Waals surface area (Å²) in [5.74, 6) is -0.00266. The predicted octanol–water partition coefficient (Wildman–Crippen LogP) is 3.22. The molecule has 0 bridgehead atoms. The minimum atomic E-state index is -0.00266. The molecule has 116 valence electrons. The SMILES string of the molecule is Cc1ccc(NC(=O)C[NH2+][C@@H](C)c2cccc(Cl)c2)cc1C. The van der Waals surface area contributed by atoms with E-state index in [0.717, 1.165) is 16.3 Å². The molecule has 3 nitrogen and oxygen atoms in total. The molecule has 2 rings (SSSR count). The molecule has 1 atom stereocenters. The Kier molecular flexibility index (Phi) is 5.58. The lowest BCUT2D eigenvalue weighted by atomic mass is 10.1. The molecule has 0 aliphatic rings. The minimum absolute atomic E-state index is 0.00266. The van der Waals surface area contributed by atoms with Crippen LogP contribution in [0.4, 0.5) is 5.69 Å². The normalized spacial score (nSPS) is 12.0. The molecule has 0 radical (unpaired) electrons. The molecule has 4 heteroatoms. The van der Waals surface area contributed by atoms with Crippen LogP contribution in [0, 0.1) is 13.8 Å². The van der Waals surface area contributed by atoms with Crippen LogP contribution in [0.1, 0.15) is 29.7 Å². The molecule has 1 amide bonds. The molecule has 0 heterocycles. The number of benzene rings is 2. The van der Waals surface area contributed by atoms with Gasteiger partial charge in [-0.1, -0.05) is 29.8 Å². The van der Waals surface area contributed by atoms with Crippen molar-refractivity contribution >= 4 is 23.2 Å². The van der Waals surface area contributed by atoms with E-state index in [1.807, 2.05) is 54.7 Å². The second-order valence-electron chi connectivity index (χ2n) is 5.63. The lowest BCUT2D eigenvalue weighted by Gasteiger charge is -2.12. The standard InChI is InChI=1S/C18H21ClN2O/c1-12-7-8-17(9-13(12)2)21-18(22)11-20-14(3)15-5-4-6-16(19)10-15/h4-10,14,20H,11H2,1-3H3,(H,21,22)/p+1/t14-/m0/s1. The summed E-state index contributed by atoms with van der Waals surface area (Å²) in [4.78, 5) is 12.0. The van der Waals surface area contributed by atoms with Gasteiger partial charge < -0.3 is 10.6 Å². The van der Waals surface area contributed by atoms with Gasteiger partial charge >= 0.3 is 0 Å². The van der Waals surface area contributed by atoms with Gasteiger partial charge in [0.2, 0.25) is 0 Å². The van der Waals surface area contributed by atoms with Crippen LogP contribution < -0.4 is 10.6 Å². The number of nitrogens with one attached hydrogen (secondary N) is 1. The van der Waals surface area contributed by atoms with Crippen molar-refractivity contribution in [1.82, 2.24) is 0 Å². The van der Waals surface area contributed by atoms with E-state index in [9.17, 15) is 4.79 Å². The van der Waals surface area contributed by atoms with Gasteiger partial charge in [-0.15, -0.1) is 0 Å². The molecule has 0 unspecified atom stereocenters. The third-order valence-corrected chi connectivity index (χ3v) is 4.06. The van der Waals surface area contributed by atoms with Crippen molar-refractivity contribution in [3.63, 3.8) is 0 Å². The Bertz CT molecular complexity index is 670. The number of nitrogens with two attached hydrogens (primary N) is 1. The summed E-state index contributed by atoms with van der Waals surface area (Å²) in [5, 5.41) is 5.65. The maximum atomic E-state index is 12.0. The summed E-state index contributed by atoms with van der Waals surface area (Å²) in [6.45, 7) is 6.54. The first-order valence-corrected chi connectivity index (χ1v) is 7.79. The van der Waals surface area contributed by atoms with E-state index in [1.165, 1.54) is 11.1 Å². The van der Waals surface area contributed by atoms with Crippen molar-refractivity contribution < 1.29 is 10.1 Å². The molecular formula is C18H22ClN2O+. The third-order valence-electron chi connectivity index (χ3n) is 3.82. The first-order valence-electron chi connectivity index (χ1n) is 7.41. The van der Waals surface area contributed by atoms with Crippen LogP contribution in [-0.2, 0) is 4.79 Å². The van der Waals surface area contributed by atoms with Crippen LogP contribution in [0.15, 0.2) is 42.5 Å². The second kappa shape index (κ2) is 7.43. The van der Waals surface area contributed by atoms with Crippen molar-refractivity contribution in [3.8, 4) is 0 Å². The van der Waals surface area contributed by atoms with E-state index in [-0.39, 0.29) is 11.9 Å². The topological polar surface area (TPSA) is 45.7 Å². The van der Waals surface area contributed by atoms with Crippen molar-refractivity contribution in [2.24, 2.45) is 0 Å². The molecule has 3 N–H and O–H groups in total. The quantitative estimate of drug-likeness (QED) is 0.874. The number of carbonyl (C=O) groups excluding carboxylic acids is 1. The summed E-state index contributed by atoms with van der Waals surface area (Å²) in [6.07, 6.45) is 0. The number of halogens is 1. The Morgan fingerprint density at radius 2 is 1.95 bits per heavy atom. The van der Waals surface area contributed by atoms with Gasteiger partial charge in [-0.3, -0.25) is 4.79 Å². The van der Waals surface area contributed by atoms with Gasteiger partial charge in [0.15, 0.2) is 6.54 Å². The predicted molar refractivity (Wildman–Crippen MR) is 91.2 cm³/mol. The summed E-state index contributed by atoms with van der Waals surface area (Å²) in [7, 11) is 0. The molecule has 0 spiro atoms. The third kappa shape index (κ3) is 4.58. The highest BCUT2D eigenvalue weighted by atomic mass is 35.5. The molecule has 0 saturated carbocycles. The Balaban J connectivity index is 1.88. The number of aryl methyl sites for hydroxylation is 2. The summed E-state index contributed by atoms with van der Waals surface area (Å²) < 4.78 is 0. The van der Waals surface area contributed by atoms with E-state index < -0.39 is 0 Å². The number of amides is 1. The molecule has 22 heavy (non-hydrogen) atoms. The number of hydrogen-bond donors (Lipinski definition) is 2. The van der Waals surface area contributed by atoms with E-state index >= 15 is 0 Å². The fourth-order valence-corrected chi connectivity index (χ4v) is 2.44. The largest absolute Gasteiger partial charge is 0.333 e. The lowest BCUT2D eigenvalue weighted by molar-refractivity contribution is -0.682. The highest BCUT2D eigenvalue weighted by molar-refractivity contribution is 6.30. The molecule has 0 aromatic heterocycles. The highest BCUT2D eigenvalue weighted by Crippen LogP contribution is 2.15. The van der Waals surface area contributed by atoms with E-state index in [2.05, 4.69) is 19.2 Å². The Morgan fingerprint density at radius 3 is 2.64 bits per heavy atom. The molecule has 0 fully saturated rings. The minimum Gasteiger partial charge on any atom is -0.333 e. The summed E-state index contributed by atoms with van der Waals surface area (Å²) >= 11 is 5.99. The number of quaternary nitrogens is 1. The monoisotopic (exact) mass is 317 g/mol. The molecule has 2 aromatic carbocycles. The Labute approximate surface area is 136 Å². The smallest absolute Gasteiger partial charge is 0.279 e. The van der Waals surface area contributed by atoms with Gasteiger partial charge in [-0.05, 0) is 56.2 Å². The molecule has 2 aromatic rings. The second-order valence-corrected chi connectivity index (χ2v) is 6.07. The fourth-order valence-electron chi connectivity index (χ4n) is 2.24. The van der Waals surface area contributed by atoms with Crippen LogP contribution in [-0.4, -0.2) is 12.5 Å².